The molecule has 0 spiro atoms. The molecule has 1 amide bonds. The monoisotopic (exact) mass is 386 g/mol. The van der Waals surface area contributed by atoms with Crippen LogP contribution in [-0.2, 0) is 0 Å². The first-order valence-electron chi connectivity index (χ1n) is 10.1. The molecule has 0 atom stereocenters. The number of anilines is 2. The fourth-order valence-electron chi connectivity index (χ4n) is 3.59. The van der Waals surface area contributed by atoms with Crippen LogP contribution in [0.3, 0.4) is 0 Å². The molecular weight excluding hydrogens is 360 g/mol. The number of hydrogen-bond donors (Lipinski definition) is 1. The Morgan fingerprint density at radius 2 is 1.83 bits per heavy atom. The highest BCUT2D eigenvalue weighted by atomic mass is 16.2. The molecule has 1 fully saturated rings. The van der Waals surface area contributed by atoms with Gasteiger partial charge in [0.15, 0.2) is 5.82 Å². The average Bonchev–Trinajstić information content (AvgIpc) is 2.75. The van der Waals surface area contributed by atoms with Crippen molar-refractivity contribution >= 4 is 17.4 Å². The molecule has 5 nitrogen and oxygen atoms in total. The molecule has 148 valence electrons. The van der Waals surface area contributed by atoms with E-state index in [1.54, 1.807) is 6.20 Å². The second-order valence-corrected chi connectivity index (χ2v) is 7.81. The standard InChI is InChI=1S/C24H26N4O/c1-17-11-14-28(15-12-17)24(29)19-6-8-21(9-7-19)26-22-10-13-25-23(27-22)20-5-3-4-18(2)16-20/h3-10,13,16-17H,11-12,14-15H2,1-2H3,(H,25,26,27). The fraction of sp³-hybridized carbons (Fsp3) is 0.292. The number of nitrogens with one attached hydrogen (secondary N) is 1. The molecule has 0 unspecified atom stereocenters. The van der Waals surface area contributed by atoms with Crippen LogP contribution < -0.4 is 5.32 Å². The van der Waals surface area contributed by atoms with E-state index in [2.05, 4.69) is 41.3 Å². The summed E-state index contributed by atoms with van der Waals surface area (Å²) >= 11 is 0. The molecule has 0 bridgehead atoms. The van der Waals surface area contributed by atoms with Gasteiger partial charge in [0.1, 0.15) is 5.82 Å². The van der Waals surface area contributed by atoms with Gasteiger partial charge in [-0.25, -0.2) is 9.97 Å². The molecule has 2 heterocycles. The topological polar surface area (TPSA) is 58.1 Å². The number of amides is 1. The van der Waals surface area contributed by atoms with E-state index in [0.29, 0.717) is 11.7 Å². The molecule has 1 saturated heterocycles. The highest BCUT2D eigenvalue weighted by Crippen LogP contribution is 2.22. The maximum atomic E-state index is 12.7. The number of likely N-dealkylation sites (tertiary alicyclic amines) is 1. The lowest BCUT2D eigenvalue weighted by Gasteiger charge is -2.30. The molecule has 0 saturated carbocycles. The predicted molar refractivity (Wildman–Crippen MR) is 116 cm³/mol. The minimum atomic E-state index is 0.118. The lowest BCUT2D eigenvalue weighted by Crippen LogP contribution is -2.37. The Morgan fingerprint density at radius 3 is 2.55 bits per heavy atom. The van der Waals surface area contributed by atoms with Crippen molar-refractivity contribution in [3.05, 3.63) is 71.9 Å². The summed E-state index contributed by atoms with van der Waals surface area (Å²) < 4.78 is 0. The van der Waals surface area contributed by atoms with Gasteiger partial charge in [-0.2, -0.15) is 0 Å². The van der Waals surface area contributed by atoms with Crippen molar-refractivity contribution in [2.75, 3.05) is 18.4 Å². The second-order valence-electron chi connectivity index (χ2n) is 7.81. The molecule has 3 aromatic rings. The van der Waals surface area contributed by atoms with Crippen molar-refractivity contribution in [3.63, 3.8) is 0 Å². The summed E-state index contributed by atoms with van der Waals surface area (Å²) in [5.74, 6) is 2.24. The third-order valence-corrected chi connectivity index (χ3v) is 5.41. The van der Waals surface area contributed by atoms with Gasteiger partial charge in [0.25, 0.3) is 5.91 Å². The number of piperidine rings is 1. The lowest BCUT2D eigenvalue weighted by atomic mass is 9.98. The van der Waals surface area contributed by atoms with E-state index in [4.69, 9.17) is 0 Å². The van der Waals surface area contributed by atoms with Gasteiger partial charge in [-0.3, -0.25) is 4.79 Å². The molecule has 1 N–H and O–H groups in total. The maximum Gasteiger partial charge on any atom is 0.253 e. The number of aryl methyl sites for hydroxylation is 1. The molecule has 1 aromatic heterocycles. The van der Waals surface area contributed by atoms with E-state index >= 15 is 0 Å². The zero-order valence-electron chi connectivity index (χ0n) is 16.9. The minimum absolute atomic E-state index is 0.118. The molecule has 1 aliphatic heterocycles. The summed E-state index contributed by atoms with van der Waals surface area (Å²) in [4.78, 5) is 23.7. The number of carbonyl (C=O) groups excluding carboxylic acids is 1. The van der Waals surface area contributed by atoms with Gasteiger partial charge < -0.3 is 10.2 Å². The molecule has 0 radical (unpaired) electrons. The van der Waals surface area contributed by atoms with Crippen molar-refractivity contribution < 1.29 is 4.79 Å². The quantitative estimate of drug-likeness (QED) is 0.680. The van der Waals surface area contributed by atoms with Gasteiger partial charge in [-0.05, 0) is 62.1 Å². The van der Waals surface area contributed by atoms with Gasteiger partial charge in [-0.1, -0.05) is 30.7 Å². The van der Waals surface area contributed by atoms with E-state index < -0.39 is 0 Å². The van der Waals surface area contributed by atoms with Crippen LogP contribution in [-0.4, -0.2) is 33.9 Å². The Kier molecular flexibility index (Phi) is 5.56. The lowest BCUT2D eigenvalue weighted by molar-refractivity contribution is 0.0697. The van der Waals surface area contributed by atoms with E-state index in [1.807, 2.05) is 47.4 Å². The SMILES string of the molecule is Cc1cccc(-c2nccc(Nc3ccc(C(=O)N4CCC(C)CC4)cc3)n2)c1. The molecule has 2 aromatic carbocycles. The van der Waals surface area contributed by atoms with Crippen molar-refractivity contribution in [1.82, 2.24) is 14.9 Å². The van der Waals surface area contributed by atoms with Gasteiger partial charge in [0, 0.05) is 36.1 Å². The molecule has 1 aliphatic rings. The summed E-state index contributed by atoms with van der Waals surface area (Å²) in [5.41, 5.74) is 3.79. The third kappa shape index (κ3) is 4.62. The van der Waals surface area contributed by atoms with Crippen molar-refractivity contribution in [2.24, 2.45) is 5.92 Å². The maximum absolute atomic E-state index is 12.7. The smallest absolute Gasteiger partial charge is 0.253 e. The van der Waals surface area contributed by atoms with Crippen molar-refractivity contribution in [1.29, 1.82) is 0 Å². The zero-order valence-corrected chi connectivity index (χ0v) is 16.9. The Morgan fingerprint density at radius 1 is 1.07 bits per heavy atom. The van der Waals surface area contributed by atoms with Crippen molar-refractivity contribution in [3.8, 4) is 11.4 Å². The van der Waals surface area contributed by atoms with Crippen LogP contribution in [0.4, 0.5) is 11.5 Å². The summed E-state index contributed by atoms with van der Waals surface area (Å²) in [6.07, 6.45) is 3.92. The van der Waals surface area contributed by atoms with Gasteiger partial charge in [-0.15, -0.1) is 0 Å². The van der Waals surface area contributed by atoms with Crippen LogP contribution >= 0.6 is 0 Å². The van der Waals surface area contributed by atoms with Gasteiger partial charge >= 0.3 is 0 Å². The molecule has 4 rings (SSSR count). The Bertz CT molecular complexity index is 992. The number of hydrogen-bond acceptors (Lipinski definition) is 4. The number of carbonyl (C=O) groups is 1. The van der Waals surface area contributed by atoms with E-state index in [0.717, 1.165) is 48.6 Å². The molecule has 5 heteroatoms. The van der Waals surface area contributed by atoms with Gasteiger partial charge in [0.05, 0.1) is 0 Å². The first kappa shape index (κ1) is 19.1. The zero-order chi connectivity index (χ0) is 20.2. The summed E-state index contributed by atoms with van der Waals surface area (Å²) in [6.45, 7) is 6.00. The van der Waals surface area contributed by atoms with Crippen LogP contribution in [0.2, 0.25) is 0 Å². The van der Waals surface area contributed by atoms with Crippen LogP contribution in [0.15, 0.2) is 60.8 Å². The van der Waals surface area contributed by atoms with Crippen LogP contribution in [0, 0.1) is 12.8 Å². The first-order chi connectivity index (χ1) is 14.1. The molecular formula is C24H26N4O. The largest absolute Gasteiger partial charge is 0.340 e. The van der Waals surface area contributed by atoms with Crippen molar-refractivity contribution in [2.45, 2.75) is 26.7 Å². The van der Waals surface area contributed by atoms with Gasteiger partial charge in [0.2, 0.25) is 0 Å². The predicted octanol–water partition coefficient (Wildman–Crippen LogP) is 5.07. The highest BCUT2D eigenvalue weighted by Gasteiger charge is 2.21. The summed E-state index contributed by atoms with van der Waals surface area (Å²) in [7, 11) is 0. The van der Waals surface area contributed by atoms with E-state index in [1.165, 1.54) is 5.56 Å². The summed E-state index contributed by atoms with van der Waals surface area (Å²) in [6, 6.07) is 17.6. The van der Waals surface area contributed by atoms with E-state index in [9.17, 15) is 4.79 Å². The molecule has 29 heavy (non-hydrogen) atoms. The second kappa shape index (κ2) is 8.43. The van der Waals surface area contributed by atoms with E-state index in [-0.39, 0.29) is 5.91 Å². The summed E-state index contributed by atoms with van der Waals surface area (Å²) in [5, 5.41) is 3.30. The molecule has 0 aliphatic carbocycles. The van der Waals surface area contributed by atoms with Crippen LogP contribution in [0.5, 0.6) is 0 Å². The van der Waals surface area contributed by atoms with Crippen LogP contribution in [0.25, 0.3) is 11.4 Å². The Hall–Kier alpha value is -3.21. The number of nitrogens with zero attached hydrogens (tertiary/aromatic N) is 3. The Labute approximate surface area is 171 Å². The highest BCUT2D eigenvalue weighted by molar-refractivity contribution is 5.94. The number of rotatable bonds is 4. The average molecular weight is 386 g/mol. The fourth-order valence-corrected chi connectivity index (χ4v) is 3.59. The number of benzene rings is 2. The number of aromatic nitrogens is 2. The van der Waals surface area contributed by atoms with Crippen LogP contribution in [0.1, 0.15) is 35.7 Å². The first-order valence-corrected chi connectivity index (χ1v) is 10.1. The third-order valence-electron chi connectivity index (χ3n) is 5.41. The minimum Gasteiger partial charge on any atom is -0.340 e. The normalized spacial score (nSPS) is 14.6. The Balaban J connectivity index is 1.45.